The minimum absolute atomic E-state index is 0.115. The lowest BCUT2D eigenvalue weighted by Gasteiger charge is -2.30. The number of hydrogen-bond acceptors (Lipinski definition) is 5. The second-order valence-electron chi connectivity index (χ2n) is 4.35. The lowest BCUT2D eigenvalue weighted by Crippen LogP contribution is -2.47. The third kappa shape index (κ3) is 2.31. The van der Waals surface area contributed by atoms with Gasteiger partial charge in [-0.05, 0) is 18.2 Å². The van der Waals surface area contributed by atoms with E-state index in [-0.39, 0.29) is 12.5 Å². The molecule has 0 bridgehead atoms. The second-order valence-corrected chi connectivity index (χ2v) is 5.44. The molecule has 102 valence electrons. The molecule has 1 aliphatic rings. The molecule has 1 N–H and O–H groups in total. The molecule has 3 heterocycles. The predicted molar refractivity (Wildman–Crippen MR) is 73.2 cm³/mol. The zero-order chi connectivity index (χ0) is 13.9. The van der Waals surface area contributed by atoms with Gasteiger partial charge >= 0.3 is 0 Å². The van der Waals surface area contributed by atoms with Crippen molar-refractivity contribution in [3.63, 3.8) is 0 Å². The quantitative estimate of drug-likeness (QED) is 0.908. The molecule has 2 aromatic rings. The highest BCUT2D eigenvalue weighted by molar-refractivity contribution is 7.17. The molecule has 3 rings (SSSR count). The van der Waals surface area contributed by atoms with Gasteiger partial charge in [0, 0.05) is 12.7 Å². The molecule has 1 amide bonds. The normalized spacial score (nSPS) is 18.8. The van der Waals surface area contributed by atoms with Crippen LogP contribution in [0.4, 0.5) is 0 Å². The van der Waals surface area contributed by atoms with Gasteiger partial charge in [-0.15, -0.1) is 11.3 Å². The number of nitrogens with one attached hydrogen (secondary N) is 1. The maximum atomic E-state index is 12.5. The number of amides is 1. The van der Waals surface area contributed by atoms with Crippen LogP contribution in [0.25, 0.3) is 10.6 Å². The Morgan fingerprint density at radius 3 is 3.20 bits per heavy atom. The Kier molecular flexibility index (Phi) is 3.50. The number of ether oxygens (including phenoxy) is 1. The largest absolute Gasteiger partial charge is 0.376 e. The van der Waals surface area contributed by atoms with Crippen molar-refractivity contribution >= 4 is 17.2 Å². The summed E-state index contributed by atoms with van der Waals surface area (Å²) in [6.45, 7) is 1.21. The molecule has 1 saturated heterocycles. The van der Waals surface area contributed by atoms with Crippen molar-refractivity contribution in [1.29, 1.82) is 5.26 Å². The second kappa shape index (κ2) is 5.45. The van der Waals surface area contributed by atoms with Crippen molar-refractivity contribution in [3.05, 3.63) is 29.3 Å². The van der Waals surface area contributed by atoms with Crippen LogP contribution in [0.15, 0.2) is 24.4 Å². The number of aromatic nitrogens is 2. The number of rotatable bonds is 2. The van der Waals surface area contributed by atoms with E-state index in [9.17, 15) is 4.79 Å². The molecule has 1 atom stereocenters. The monoisotopic (exact) mass is 288 g/mol. The number of carbonyl (C=O) groups is 1. The summed E-state index contributed by atoms with van der Waals surface area (Å²) in [7, 11) is 0. The molecule has 1 fully saturated rings. The van der Waals surface area contributed by atoms with Crippen molar-refractivity contribution in [2.75, 3.05) is 19.8 Å². The van der Waals surface area contributed by atoms with Crippen LogP contribution < -0.4 is 0 Å². The molecule has 0 aliphatic carbocycles. The van der Waals surface area contributed by atoms with E-state index in [2.05, 4.69) is 16.3 Å². The van der Waals surface area contributed by atoms with Gasteiger partial charge in [-0.25, -0.2) is 0 Å². The van der Waals surface area contributed by atoms with Crippen LogP contribution in [-0.4, -0.2) is 46.8 Å². The maximum absolute atomic E-state index is 12.5. The molecule has 0 saturated carbocycles. The third-order valence-corrected chi connectivity index (χ3v) is 4.23. The third-order valence-electron chi connectivity index (χ3n) is 3.12. The highest BCUT2D eigenvalue weighted by atomic mass is 32.1. The van der Waals surface area contributed by atoms with E-state index >= 15 is 0 Å². The number of aromatic amines is 1. The minimum Gasteiger partial charge on any atom is -0.376 e. The molecule has 2 aromatic heterocycles. The Bertz CT molecular complexity index is 644. The van der Waals surface area contributed by atoms with Gasteiger partial charge in [-0.2, -0.15) is 10.4 Å². The highest BCUT2D eigenvalue weighted by Gasteiger charge is 2.28. The fourth-order valence-electron chi connectivity index (χ4n) is 2.09. The Balaban J connectivity index is 1.82. The number of thiophene rings is 1. The van der Waals surface area contributed by atoms with E-state index in [1.54, 1.807) is 17.2 Å². The Hall–Kier alpha value is -2.17. The number of carbonyl (C=O) groups excluding carboxylic acids is 1. The zero-order valence-electron chi connectivity index (χ0n) is 10.6. The van der Waals surface area contributed by atoms with Crippen LogP contribution in [0, 0.1) is 11.3 Å². The van der Waals surface area contributed by atoms with Crippen LogP contribution in [0.5, 0.6) is 0 Å². The van der Waals surface area contributed by atoms with Crippen molar-refractivity contribution < 1.29 is 9.53 Å². The molecule has 0 spiro atoms. The van der Waals surface area contributed by atoms with Crippen LogP contribution in [0.2, 0.25) is 0 Å². The smallest absolute Gasteiger partial charge is 0.265 e. The summed E-state index contributed by atoms with van der Waals surface area (Å²) in [5.41, 5.74) is 0.882. The number of morpholine rings is 1. The van der Waals surface area contributed by atoms with Crippen LogP contribution in [0.1, 0.15) is 9.67 Å². The summed E-state index contributed by atoms with van der Waals surface area (Å²) in [6, 6.07) is 7.12. The fraction of sp³-hybridized carbons (Fsp3) is 0.308. The molecule has 1 aliphatic heterocycles. The van der Waals surface area contributed by atoms with E-state index in [4.69, 9.17) is 10.00 Å². The lowest BCUT2D eigenvalue weighted by atomic mass is 10.2. The maximum Gasteiger partial charge on any atom is 0.265 e. The lowest BCUT2D eigenvalue weighted by molar-refractivity contribution is 0.0135. The Labute approximate surface area is 119 Å². The SMILES string of the molecule is N#CC1COCCN1C(=O)c1ccc(-c2ccn[nH]2)s1. The first-order chi connectivity index (χ1) is 9.79. The fourth-order valence-corrected chi connectivity index (χ4v) is 3.02. The number of nitrogens with zero attached hydrogens (tertiary/aromatic N) is 3. The summed E-state index contributed by atoms with van der Waals surface area (Å²) < 4.78 is 5.23. The standard InChI is InChI=1S/C13H12N4O2S/c14-7-9-8-19-6-5-17(9)13(18)12-2-1-11(20-12)10-3-4-15-16-10/h1-4,9H,5-6,8H2,(H,15,16). The topological polar surface area (TPSA) is 82.0 Å². The van der Waals surface area contributed by atoms with E-state index in [0.29, 0.717) is 18.0 Å². The first kappa shape index (κ1) is 12.8. The van der Waals surface area contributed by atoms with E-state index in [1.807, 2.05) is 12.1 Å². The molecule has 0 radical (unpaired) electrons. The first-order valence-electron chi connectivity index (χ1n) is 6.17. The van der Waals surface area contributed by atoms with Gasteiger partial charge in [0.1, 0.15) is 6.04 Å². The Morgan fingerprint density at radius 1 is 1.55 bits per heavy atom. The average molecular weight is 288 g/mol. The zero-order valence-corrected chi connectivity index (χ0v) is 11.4. The van der Waals surface area contributed by atoms with Crippen LogP contribution >= 0.6 is 11.3 Å². The van der Waals surface area contributed by atoms with Crippen molar-refractivity contribution in [3.8, 4) is 16.6 Å². The molecular formula is C13H12N4O2S. The molecule has 6 nitrogen and oxygen atoms in total. The van der Waals surface area contributed by atoms with Crippen LogP contribution in [0.3, 0.4) is 0 Å². The highest BCUT2D eigenvalue weighted by Crippen LogP contribution is 2.27. The van der Waals surface area contributed by atoms with Crippen molar-refractivity contribution in [2.45, 2.75) is 6.04 Å². The summed E-state index contributed by atoms with van der Waals surface area (Å²) in [6.07, 6.45) is 1.67. The summed E-state index contributed by atoms with van der Waals surface area (Å²) in [4.78, 5) is 15.6. The van der Waals surface area contributed by atoms with E-state index in [0.717, 1.165) is 10.6 Å². The number of H-pyrrole nitrogens is 1. The minimum atomic E-state index is -0.506. The van der Waals surface area contributed by atoms with Gasteiger partial charge in [0.15, 0.2) is 0 Å². The molecule has 1 unspecified atom stereocenters. The molecule has 7 heteroatoms. The summed E-state index contributed by atoms with van der Waals surface area (Å²) >= 11 is 1.39. The summed E-state index contributed by atoms with van der Waals surface area (Å²) in [5, 5.41) is 15.8. The van der Waals surface area contributed by atoms with Crippen molar-refractivity contribution in [2.24, 2.45) is 0 Å². The average Bonchev–Trinajstić information content (AvgIpc) is 3.16. The van der Waals surface area contributed by atoms with E-state index < -0.39 is 6.04 Å². The summed E-state index contributed by atoms with van der Waals surface area (Å²) in [5.74, 6) is -0.115. The van der Waals surface area contributed by atoms with Gasteiger partial charge in [0.25, 0.3) is 5.91 Å². The molecule has 0 aromatic carbocycles. The van der Waals surface area contributed by atoms with Crippen LogP contribution in [-0.2, 0) is 4.74 Å². The number of hydrogen-bond donors (Lipinski definition) is 1. The van der Waals surface area contributed by atoms with Gasteiger partial charge in [-0.3, -0.25) is 9.89 Å². The first-order valence-corrected chi connectivity index (χ1v) is 6.99. The number of nitriles is 1. The van der Waals surface area contributed by atoms with Gasteiger partial charge in [-0.1, -0.05) is 0 Å². The van der Waals surface area contributed by atoms with E-state index in [1.165, 1.54) is 11.3 Å². The van der Waals surface area contributed by atoms with Crippen molar-refractivity contribution in [1.82, 2.24) is 15.1 Å². The Morgan fingerprint density at radius 2 is 2.45 bits per heavy atom. The molecular weight excluding hydrogens is 276 g/mol. The molecule has 20 heavy (non-hydrogen) atoms. The van der Waals surface area contributed by atoms with Gasteiger partial charge in [0.2, 0.25) is 0 Å². The van der Waals surface area contributed by atoms with Gasteiger partial charge in [0.05, 0.1) is 34.7 Å². The predicted octanol–water partition coefficient (Wildman–Crippen LogP) is 1.50. The van der Waals surface area contributed by atoms with Gasteiger partial charge < -0.3 is 9.64 Å².